The number of hydrogen-bond donors (Lipinski definition) is 2. The summed E-state index contributed by atoms with van der Waals surface area (Å²) in [5.74, 6) is -0.352. The maximum absolute atomic E-state index is 13.1. The molecule has 0 saturated heterocycles. The summed E-state index contributed by atoms with van der Waals surface area (Å²) in [5.41, 5.74) is 0.552. The van der Waals surface area contributed by atoms with Gasteiger partial charge in [-0.2, -0.15) is 0 Å². The van der Waals surface area contributed by atoms with Gasteiger partial charge in [0.25, 0.3) is 15.9 Å². The van der Waals surface area contributed by atoms with Crippen molar-refractivity contribution in [1.82, 2.24) is 10.3 Å². The van der Waals surface area contributed by atoms with Gasteiger partial charge in [0.15, 0.2) is 0 Å². The number of halogens is 1. The summed E-state index contributed by atoms with van der Waals surface area (Å²) in [4.78, 5) is 16.8. The summed E-state index contributed by atoms with van der Waals surface area (Å²) in [5, 5.41) is 3.01. The van der Waals surface area contributed by atoms with Crippen LogP contribution in [0.4, 0.5) is 10.1 Å². The van der Waals surface area contributed by atoms with Crippen molar-refractivity contribution in [2.45, 2.75) is 36.6 Å². The third kappa shape index (κ3) is 5.23. The van der Waals surface area contributed by atoms with E-state index in [9.17, 15) is 17.6 Å². The van der Waals surface area contributed by atoms with E-state index < -0.39 is 15.8 Å². The van der Waals surface area contributed by atoms with E-state index in [0.29, 0.717) is 11.3 Å². The van der Waals surface area contributed by atoms with E-state index in [1.807, 2.05) is 0 Å². The zero-order valence-corrected chi connectivity index (χ0v) is 17.9. The Morgan fingerprint density at radius 2 is 1.78 bits per heavy atom. The lowest BCUT2D eigenvalue weighted by molar-refractivity contribution is 0.0935. The van der Waals surface area contributed by atoms with Gasteiger partial charge in [0.1, 0.15) is 17.1 Å². The number of hydrogen-bond acceptors (Lipinski definition) is 5. The predicted octanol–water partition coefficient (Wildman–Crippen LogP) is 4.49. The molecule has 7 nitrogen and oxygen atoms in total. The number of ether oxygens (including phenoxy) is 1. The molecule has 0 radical (unpaired) electrons. The smallest absolute Gasteiger partial charge is 0.261 e. The van der Waals surface area contributed by atoms with E-state index in [-0.39, 0.29) is 28.4 Å². The first kappa shape index (κ1) is 21.8. The summed E-state index contributed by atoms with van der Waals surface area (Å²) in [6.45, 7) is 0. The average molecular weight is 456 g/mol. The number of carbonyl (C=O) groups is 1. The van der Waals surface area contributed by atoms with Crippen LogP contribution in [-0.4, -0.2) is 25.4 Å². The molecule has 9 heteroatoms. The lowest BCUT2D eigenvalue weighted by Gasteiger charge is -2.14. The zero-order valence-electron chi connectivity index (χ0n) is 17.1. The van der Waals surface area contributed by atoms with Crippen molar-refractivity contribution in [1.29, 1.82) is 0 Å². The average Bonchev–Trinajstić information content (AvgIpc) is 3.27. The Morgan fingerprint density at radius 1 is 1.03 bits per heavy atom. The molecule has 1 fully saturated rings. The summed E-state index contributed by atoms with van der Waals surface area (Å²) in [6.07, 6.45) is 5.63. The van der Waals surface area contributed by atoms with Crippen molar-refractivity contribution in [3.05, 3.63) is 78.2 Å². The number of sulfonamides is 1. The highest BCUT2D eigenvalue weighted by Crippen LogP contribution is 2.27. The molecule has 1 aliphatic rings. The Morgan fingerprint density at radius 3 is 2.53 bits per heavy atom. The fraction of sp³-hybridized carbons (Fsp3) is 0.217. The van der Waals surface area contributed by atoms with Crippen LogP contribution in [0.3, 0.4) is 0 Å². The lowest BCUT2D eigenvalue weighted by atomic mass is 10.2. The van der Waals surface area contributed by atoms with Gasteiger partial charge in [0.05, 0.1) is 10.6 Å². The summed E-state index contributed by atoms with van der Waals surface area (Å²) in [7, 11) is -3.91. The minimum Gasteiger partial charge on any atom is -0.438 e. The number of aromatic nitrogens is 1. The van der Waals surface area contributed by atoms with Gasteiger partial charge in [-0.15, -0.1) is 0 Å². The van der Waals surface area contributed by atoms with Crippen LogP contribution in [0.5, 0.6) is 11.6 Å². The number of anilines is 1. The van der Waals surface area contributed by atoms with E-state index >= 15 is 0 Å². The Hall–Kier alpha value is -3.46. The number of carbonyl (C=O) groups excluding carboxylic acids is 1. The second-order valence-electron chi connectivity index (χ2n) is 7.50. The predicted molar refractivity (Wildman–Crippen MR) is 118 cm³/mol. The highest BCUT2D eigenvalue weighted by Gasteiger charge is 2.21. The molecule has 1 amide bonds. The molecule has 166 valence electrons. The molecule has 32 heavy (non-hydrogen) atoms. The largest absolute Gasteiger partial charge is 0.438 e. The minimum absolute atomic E-state index is 0.0687. The molecule has 1 aromatic heterocycles. The molecule has 1 heterocycles. The van der Waals surface area contributed by atoms with E-state index in [2.05, 4.69) is 15.0 Å². The van der Waals surface area contributed by atoms with Crippen LogP contribution in [0.25, 0.3) is 0 Å². The molecular formula is C23H22FN3O4S. The first-order chi connectivity index (χ1) is 15.4. The van der Waals surface area contributed by atoms with Crippen molar-refractivity contribution in [2.75, 3.05) is 4.72 Å². The van der Waals surface area contributed by atoms with Crippen molar-refractivity contribution in [2.24, 2.45) is 0 Å². The molecular weight excluding hydrogens is 433 g/mol. The number of benzene rings is 2. The minimum atomic E-state index is -3.91. The van der Waals surface area contributed by atoms with Crippen LogP contribution < -0.4 is 14.8 Å². The number of amides is 1. The molecule has 4 rings (SSSR count). The monoisotopic (exact) mass is 455 g/mol. The maximum atomic E-state index is 13.1. The van der Waals surface area contributed by atoms with Crippen molar-refractivity contribution >= 4 is 21.6 Å². The molecule has 1 saturated carbocycles. The number of nitrogens with one attached hydrogen (secondary N) is 2. The Kier molecular flexibility index (Phi) is 6.36. The fourth-order valence-electron chi connectivity index (χ4n) is 3.54. The topological polar surface area (TPSA) is 97.4 Å². The quantitative estimate of drug-likeness (QED) is 0.547. The van der Waals surface area contributed by atoms with Gasteiger partial charge in [-0.25, -0.2) is 17.8 Å². The van der Waals surface area contributed by atoms with E-state index in [1.54, 1.807) is 30.3 Å². The van der Waals surface area contributed by atoms with Crippen LogP contribution in [0.15, 0.2) is 71.8 Å². The van der Waals surface area contributed by atoms with Crippen molar-refractivity contribution in [3.63, 3.8) is 0 Å². The highest BCUT2D eigenvalue weighted by atomic mass is 32.2. The highest BCUT2D eigenvalue weighted by molar-refractivity contribution is 7.92. The van der Waals surface area contributed by atoms with E-state index in [4.69, 9.17) is 4.74 Å². The first-order valence-electron chi connectivity index (χ1n) is 10.2. The molecule has 0 atom stereocenters. The number of rotatable bonds is 7. The second kappa shape index (κ2) is 9.35. The summed E-state index contributed by atoms with van der Waals surface area (Å²) < 4.78 is 46.5. The Balaban J connectivity index is 1.51. The van der Waals surface area contributed by atoms with Crippen LogP contribution in [-0.2, 0) is 10.0 Å². The molecule has 2 N–H and O–H groups in total. The van der Waals surface area contributed by atoms with Crippen LogP contribution in [0.2, 0.25) is 0 Å². The molecule has 0 aliphatic heterocycles. The van der Waals surface area contributed by atoms with Crippen molar-refractivity contribution < 1.29 is 22.3 Å². The van der Waals surface area contributed by atoms with Crippen LogP contribution in [0.1, 0.15) is 36.0 Å². The third-order valence-electron chi connectivity index (χ3n) is 5.13. The van der Waals surface area contributed by atoms with Gasteiger partial charge in [-0.3, -0.25) is 9.52 Å². The Bertz CT molecular complexity index is 1210. The molecule has 2 aromatic carbocycles. The van der Waals surface area contributed by atoms with Gasteiger partial charge in [-0.05, 0) is 61.4 Å². The van der Waals surface area contributed by atoms with Gasteiger partial charge in [0, 0.05) is 18.3 Å². The van der Waals surface area contributed by atoms with E-state index in [1.165, 1.54) is 24.4 Å². The Labute approximate surface area is 185 Å². The number of nitrogens with zero attached hydrogens (tertiary/aromatic N) is 1. The molecule has 0 bridgehead atoms. The third-order valence-corrected chi connectivity index (χ3v) is 6.53. The van der Waals surface area contributed by atoms with Gasteiger partial charge >= 0.3 is 0 Å². The van der Waals surface area contributed by atoms with E-state index in [0.717, 1.165) is 37.8 Å². The van der Waals surface area contributed by atoms with Crippen LogP contribution in [0, 0.1) is 5.82 Å². The standard InChI is InChI=1S/C23H22FN3O4S/c24-16-10-12-20(13-11-16)32(29,30)27-18-7-3-8-19(15-18)31-23-21(9-4-14-25-23)22(28)26-17-5-1-2-6-17/h3-4,7-15,17,27H,1-2,5-6H2,(H,26,28). The first-order valence-corrected chi connectivity index (χ1v) is 11.7. The zero-order chi connectivity index (χ0) is 22.6. The second-order valence-corrected chi connectivity index (χ2v) is 9.18. The molecule has 1 aliphatic carbocycles. The molecule has 0 unspecified atom stereocenters. The van der Waals surface area contributed by atoms with Gasteiger partial charge < -0.3 is 10.1 Å². The summed E-state index contributed by atoms with van der Waals surface area (Å²) in [6, 6.07) is 14.2. The summed E-state index contributed by atoms with van der Waals surface area (Å²) >= 11 is 0. The SMILES string of the molecule is O=C(NC1CCCC1)c1cccnc1Oc1cccc(NS(=O)(=O)c2ccc(F)cc2)c1. The lowest BCUT2D eigenvalue weighted by Crippen LogP contribution is -2.32. The normalized spacial score (nSPS) is 14.2. The van der Waals surface area contributed by atoms with Crippen molar-refractivity contribution in [3.8, 4) is 11.6 Å². The number of pyridine rings is 1. The van der Waals surface area contributed by atoms with Gasteiger partial charge in [-0.1, -0.05) is 18.9 Å². The molecule has 3 aromatic rings. The van der Waals surface area contributed by atoms with Crippen LogP contribution >= 0.6 is 0 Å². The molecule has 0 spiro atoms. The fourth-order valence-corrected chi connectivity index (χ4v) is 4.59. The maximum Gasteiger partial charge on any atom is 0.261 e. The van der Waals surface area contributed by atoms with Gasteiger partial charge in [0.2, 0.25) is 5.88 Å².